The molecular weight excluding hydrogens is 470 g/mol. The number of imidazole rings is 1. The van der Waals surface area contributed by atoms with Crippen molar-refractivity contribution in [1.29, 1.82) is 0 Å². The van der Waals surface area contributed by atoms with E-state index in [0.29, 0.717) is 29.2 Å². The number of rotatable bonds is 9. The highest BCUT2D eigenvalue weighted by Crippen LogP contribution is 2.26. The Balaban J connectivity index is 1.50. The summed E-state index contributed by atoms with van der Waals surface area (Å²) < 4.78 is 35.6. The van der Waals surface area contributed by atoms with Crippen LogP contribution in [0.2, 0.25) is 0 Å². The summed E-state index contributed by atoms with van der Waals surface area (Å²) >= 11 is 0. The lowest BCUT2D eigenvalue weighted by Crippen LogP contribution is -2.16. The Kier molecular flexibility index (Phi) is 6.74. The number of nitrogens with zero attached hydrogens (tertiary/aromatic N) is 5. The lowest BCUT2D eigenvalue weighted by atomic mass is 10.2. The maximum Gasteiger partial charge on any atom is 0.273 e. The molecule has 0 unspecified atom stereocenters. The molecule has 4 rings (SSSR count). The molecule has 0 radical (unpaired) electrons. The number of hydrogen-bond acceptors (Lipinski definition) is 7. The van der Waals surface area contributed by atoms with Crippen LogP contribution in [0.15, 0.2) is 42.6 Å². The van der Waals surface area contributed by atoms with E-state index in [4.69, 9.17) is 4.74 Å². The van der Waals surface area contributed by atoms with Gasteiger partial charge in [-0.25, -0.2) is 17.9 Å². The quantitative estimate of drug-likeness (QED) is 0.360. The van der Waals surface area contributed by atoms with E-state index in [1.165, 1.54) is 15.4 Å². The SMILES string of the molecule is CCCCS(=O)(=O)Nc1cn2nc(Oc3ccc(C)c(NC(=O)c4cc(C)nn4C)c3)ccc2n1. The number of nitrogens with one attached hydrogen (secondary N) is 2. The van der Waals surface area contributed by atoms with Crippen molar-refractivity contribution in [3.63, 3.8) is 0 Å². The molecule has 0 spiro atoms. The summed E-state index contributed by atoms with van der Waals surface area (Å²) in [6.07, 6.45) is 2.84. The van der Waals surface area contributed by atoms with Crippen LogP contribution in [0.5, 0.6) is 11.6 Å². The first-order valence-electron chi connectivity index (χ1n) is 11.1. The molecule has 0 aliphatic carbocycles. The number of fused-ring (bicyclic) bond motifs is 1. The summed E-state index contributed by atoms with van der Waals surface area (Å²) in [4.78, 5) is 16.9. The molecule has 1 aromatic carbocycles. The number of unbranched alkanes of at least 4 members (excludes halogenated alkanes) is 1. The number of hydrogen-bond donors (Lipinski definition) is 2. The Morgan fingerprint density at radius 2 is 1.91 bits per heavy atom. The minimum atomic E-state index is -3.47. The monoisotopic (exact) mass is 497 g/mol. The second kappa shape index (κ2) is 9.74. The van der Waals surface area contributed by atoms with Crippen molar-refractivity contribution >= 4 is 33.1 Å². The molecule has 12 heteroatoms. The molecule has 35 heavy (non-hydrogen) atoms. The molecule has 0 atom stereocenters. The molecule has 0 fully saturated rings. The van der Waals surface area contributed by atoms with Gasteiger partial charge in [0.25, 0.3) is 5.91 Å². The Morgan fingerprint density at radius 1 is 1.11 bits per heavy atom. The fourth-order valence-electron chi connectivity index (χ4n) is 3.44. The van der Waals surface area contributed by atoms with Gasteiger partial charge in [0.2, 0.25) is 15.9 Å². The Hall–Kier alpha value is -3.93. The van der Waals surface area contributed by atoms with Crippen molar-refractivity contribution in [2.75, 3.05) is 15.8 Å². The van der Waals surface area contributed by atoms with Gasteiger partial charge in [-0.15, -0.1) is 5.10 Å². The van der Waals surface area contributed by atoms with Gasteiger partial charge < -0.3 is 10.1 Å². The van der Waals surface area contributed by atoms with E-state index in [2.05, 4.69) is 25.2 Å². The Bertz CT molecular complexity index is 1490. The van der Waals surface area contributed by atoms with Crippen LogP contribution >= 0.6 is 0 Å². The number of ether oxygens (including phenoxy) is 1. The molecule has 11 nitrogen and oxygen atoms in total. The van der Waals surface area contributed by atoms with Gasteiger partial charge >= 0.3 is 0 Å². The van der Waals surface area contributed by atoms with Crippen molar-refractivity contribution < 1.29 is 17.9 Å². The first kappa shape index (κ1) is 24.2. The van der Waals surface area contributed by atoms with Crippen LogP contribution < -0.4 is 14.8 Å². The number of amides is 1. The van der Waals surface area contributed by atoms with Gasteiger partial charge in [0.1, 0.15) is 11.4 Å². The fraction of sp³-hybridized carbons (Fsp3) is 0.304. The van der Waals surface area contributed by atoms with Crippen molar-refractivity contribution in [3.8, 4) is 11.6 Å². The largest absolute Gasteiger partial charge is 0.438 e. The van der Waals surface area contributed by atoms with E-state index in [1.54, 1.807) is 37.4 Å². The van der Waals surface area contributed by atoms with Gasteiger partial charge in [0, 0.05) is 24.9 Å². The highest BCUT2D eigenvalue weighted by atomic mass is 32.2. The normalized spacial score (nSPS) is 11.5. The third-order valence-electron chi connectivity index (χ3n) is 5.24. The van der Waals surface area contributed by atoms with Gasteiger partial charge in [-0.05, 0) is 44.0 Å². The van der Waals surface area contributed by atoms with Crippen molar-refractivity contribution in [1.82, 2.24) is 24.4 Å². The first-order chi connectivity index (χ1) is 16.6. The molecule has 0 bridgehead atoms. The number of aromatic nitrogens is 5. The number of carbonyl (C=O) groups is 1. The average Bonchev–Trinajstić information content (AvgIpc) is 3.35. The van der Waals surface area contributed by atoms with Crippen LogP contribution in [0.25, 0.3) is 5.65 Å². The van der Waals surface area contributed by atoms with E-state index < -0.39 is 10.0 Å². The van der Waals surface area contributed by atoms with E-state index in [0.717, 1.165) is 17.7 Å². The van der Waals surface area contributed by atoms with Crippen molar-refractivity contribution in [2.24, 2.45) is 7.05 Å². The molecule has 0 saturated carbocycles. The zero-order chi connectivity index (χ0) is 25.2. The Morgan fingerprint density at radius 3 is 2.63 bits per heavy atom. The van der Waals surface area contributed by atoms with Crippen LogP contribution in [0.3, 0.4) is 0 Å². The molecule has 2 N–H and O–H groups in total. The van der Waals surface area contributed by atoms with E-state index >= 15 is 0 Å². The average molecular weight is 498 g/mol. The van der Waals surface area contributed by atoms with Gasteiger partial charge in [-0.3, -0.25) is 14.2 Å². The van der Waals surface area contributed by atoms with Crippen LogP contribution in [0, 0.1) is 13.8 Å². The van der Waals surface area contributed by atoms with Crippen molar-refractivity contribution in [3.05, 3.63) is 59.5 Å². The molecule has 0 saturated heterocycles. The molecule has 0 aliphatic heterocycles. The van der Waals surface area contributed by atoms with Crippen LogP contribution in [-0.4, -0.2) is 44.5 Å². The molecule has 184 valence electrons. The predicted molar refractivity (Wildman–Crippen MR) is 132 cm³/mol. The highest BCUT2D eigenvalue weighted by Gasteiger charge is 2.15. The summed E-state index contributed by atoms with van der Waals surface area (Å²) in [5, 5.41) is 11.5. The number of aryl methyl sites for hydroxylation is 3. The topological polar surface area (TPSA) is 133 Å². The predicted octanol–water partition coefficient (Wildman–Crippen LogP) is 3.67. The zero-order valence-corrected chi connectivity index (χ0v) is 20.8. The lowest BCUT2D eigenvalue weighted by Gasteiger charge is -2.11. The number of sulfonamides is 1. The van der Waals surface area contributed by atoms with Gasteiger partial charge in [-0.2, -0.15) is 5.10 Å². The Labute approximate surface area is 203 Å². The maximum absolute atomic E-state index is 12.7. The van der Waals surface area contributed by atoms with Crippen LogP contribution in [0.4, 0.5) is 11.5 Å². The molecule has 4 aromatic rings. The second-order valence-electron chi connectivity index (χ2n) is 8.20. The number of carbonyl (C=O) groups excluding carboxylic acids is 1. The maximum atomic E-state index is 12.7. The molecule has 1 amide bonds. The molecule has 0 aliphatic rings. The molecular formula is C23H27N7O4S. The van der Waals surface area contributed by atoms with Gasteiger partial charge in [0.05, 0.1) is 17.6 Å². The van der Waals surface area contributed by atoms with E-state index in [1.807, 2.05) is 26.8 Å². The number of anilines is 2. The first-order valence-corrected chi connectivity index (χ1v) is 12.8. The summed E-state index contributed by atoms with van der Waals surface area (Å²) in [6.45, 7) is 5.64. The van der Waals surface area contributed by atoms with Crippen LogP contribution in [-0.2, 0) is 17.1 Å². The molecule has 3 aromatic heterocycles. The standard InChI is InChI=1S/C23H27N7O4S/c1-5-6-11-35(32,33)28-20-14-30-21(25-20)9-10-22(27-30)34-17-8-7-15(2)18(13-17)24-23(31)19-12-16(3)26-29(19)4/h7-10,12-14,28H,5-6,11H2,1-4H3,(H,24,31). The highest BCUT2D eigenvalue weighted by molar-refractivity contribution is 7.92. The summed E-state index contributed by atoms with van der Waals surface area (Å²) in [5.41, 5.74) is 3.13. The van der Waals surface area contributed by atoms with Crippen LogP contribution in [0.1, 0.15) is 41.5 Å². The van der Waals surface area contributed by atoms with E-state index in [-0.39, 0.29) is 23.4 Å². The third-order valence-corrected chi connectivity index (χ3v) is 6.58. The summed E-state index contributed by atoms with van der Waals surface area (Å²) in [5.74, 6) is 0.695. The fourth-order valence-corrected chi connectivity index (χ4v) is 4.63. The smallest absolute Gasteiger partial charge is 0.273 e. The number of benzene rings is 1. The van der Waals surface area contributed by atoms with E-state index in [9.17, 15) is 13.2 Å². The van der Waals surface area contributed by atoms with Crippen molar-refractivity contribution in [2.45, 2.75) is 33.6 Å². The zero-order valence-electron chi connectivity index (χ0n) is 19.9. The summed E-state index contributed by atoms with van der Waals surface area (Å²) in [7, 11) is -1.75. The second-order valence-corrected chi connectivity index (χ2v) is 10.0. The van der Waals surface area contributed by atoms with Gasteiger partial charge in [-0.1, -0.05) is 19.4 Å². The minimum Gasteiger partial charge on any atom is -0.438 e. The lowest BCUT2D eigenvalue weighted by molar-refractivity contribution is 0.101. The molecule has 3 heterocycles. The van der Waals surface area contributed by atoms with Gasteiger partial charge in [0.15, 0.2) is 11.5 Å². The minimum absolute atomic E-state index is 0.0334. The third kappa shape index (κ3) is 5.77. The summed E-state index contributed by atoms with van der Waals surface area (Å²) in [6, 6.07) is 10.3.